The standard InChI is InChI=1S/C50H39N/c1-49(2)45-29-27-39(32-44(45)43-30-34-16-12-13-17-35(34)31-47(43)49)51(38-22-10-5-11-23-38)40-26-28-42-41-24-14-15-25-46(41)50(48(42)33-40,36-18-6-3-7-19-36)37-20-8-4-9-21-37/h3-11,14-33H,12-13H2,1-2H3. The smallest absolute Gasteiger partial charge is 0.0714 e. The van der Waals surface area contributed by atoms with Crippen molar-refractivity contribution in [3.05, 3.63) is 208 Å². The van der Waals surface area contributed by atoms with Crippen LogP contribution in [0, 0.1) is 0 Å². The van der Waals surface area contributed by atoms with Gasteiger partial charge in [-0.3, -0.25) is 0 Å². The van der Waals surface area contributed by atoms with Gasteiger partial charge in [0.05, 0.1) is 5.41 Å². The van der Waals surface area contributed by atoms with Crippen LogP contribution in [-0.4, -0.2) is 0 Å². The first-order valence-electron chi connectivity index (χ1n) is 18.3. The molecule has 244 valence electrons. The number of anilines is 3. The molecule has 0 unspecified atom stereocenters. The van der Waals surface area contributed by atoms with Crippen molar-refractivity contribution in [1.29, 1.82) is 0 Å². The molecule has 3 aliphatic rings. The molecule has 10 rings (SSSR count). The number of nitrogens with zero attached hydrogens (tertiary/aromatic N) is 1. The van der Waals surface area contributed by atoms with E-state index in [0.29, 0.717) is 0 Å². The van der Waals surface area contributed by atoms with Crippen LogP contribution in [0.15, 0.2) is 164 Å². The Morgan fingerprint density at radius 1 is 0.392 bits per heavy atom. The fraction of sp³-hybridized carbons (Fsp3) is 0.120. The van der Waals surface area contributed by atoms with Gasteiger partial charge in [-0.2, -0.15) is 0 Å². The molecule has 1 heteroatoms. The summed E-state index contributed by atoms with van der Waals surface area (Å²) in [4.78, 5) is 2.45. The third kappa shape index (κ3) is 4.34. The van der Waals surface area contributed by atoms with Crippen molar-refractivity contribution >= 4 is 29.2 Å². The quantitative estimate of drug-likeness (QED) is 0.179. The Kier molecular flexibility index (Phi) is 6.64. The van der Waals surface area contributed by atoms with Gasteiger partial charge >= 0.3 is 0 Å². The highest BCUT2D eigenvalue weighted by molar-refractivity contribution is 5.91. The van der Waals surface area contributed by atoms with Crippen molar-refractivity contribution in [3.63, 3.8) is 0 Å². The lowest BCUT2D eigenvalue weighted by atomic mass is 9.67. The van der Waals surface area contributed by atoms with Crippen LogP contribution in [-0.2, 0) is 10.8 Å². The highest BCUT2D eigenvalue weighted by Gasteiger charge is 2.46. The molecule has 3 aliphatic carbocycles. The Bertz CT molecular complexity index is 2560. The molecule has 0 saturated carbocycles. The van der Waals surface area contributed by atoms with Crippen molar-refractivity contribution in [2.45, 2.75) is 37.5 Å². The molecular formula is C50H39N. The highest BCUT2D eigenvalue weighted by Crippen LogP contribution is 2.57. The lowest BCUT2D eigenvalue weighted by molar-refractivity contribution is 0.659. The van der Waals surface area contributed by atoms with Crippen LogP contribution in [0.1, 0.15) is 60.1 Å². The minimum atomic E-state index is -0.458. The molecule has 0 bridgehead atoms. The maximum Gasteiger partial charge on any atom is 0.0714 e. The monoisotopic (exact) mass is 653 g/mol. The third-order valence-corrected chi connectivity index (χ3v) is 11.7. The number of rotatable bonds is 5. The van der Waals surface area contributed by atoms with E-state index >= 15 is 0 Å². The predicted octanol–water partition coefficient (Wildman–Crippen LogP) is 11.2. The lowest BCUT2D eigenvalue weighted by Crippen LogP contribution is -2.29. The maximum absolute atomic E-state index is 2.47. The Morgan fingerprint density at radius 3 is 1.65 bits per heavy atom. The zero-order valence-corrected chi connectivity index (χ0v) is 29.1. The van der Waals surface area contributed by atoms with Crippen LogP contribution in [0.25, 0.3) is 34.4 Å². The van der Waals surface area contributed by atoms with Crippen LogP contribution in [0.3, 0.4) is 0 Å². The molecule has 0 saturated heterocycles. The molecule has 0 aliphatic heterocycles. The van der Waals surface area contributed by atoms with Crippen LogP contribution < -0.4 is 15.3 Å². The fourth-order valence-electron chi connectivity index (χ4n) is 9.38. The average Bonchev–Trinajstić information content (AvgIpc) is 3.60. The number of hydrogen-bond acceptors (Lipinski definition) is 1. The van der Waals surface area contributed by atoms with E-state index in [4.69, 9.17) is 0 Å². The van der Waals surface area contributed by atoms with Gasteiger partial charge in [-0.1, -0.05) is 141 Å². The minimum absolute atomic E-state index is 0.0641. The van der Waals surface area contributed by atoms with Gasteiger partial charge in [-0.15, -0.1) is 0 Å². The molecule has 0 aromatic heterocycles. The summed E-state index contributed by atoms with van der Waals surface area (Å²) in [6, 6.07) is 61.2. The largest absolute Gasteiger partial charge is 0.310 e. The first-order chi connectivity index (χ1) is 25.0. The summed E-state index contributed by atoms with van der Waals surface area (Å²) >= 11 is 0. The molecule has 0 atom stereocenters. The highest BCUT2D eigenvalue weighted by atomic mass is 15.1. The van der Waals surface area contributed by atoms with Crippen LogP contribution in [0.5, 0.6) is 0 Å². The Morgan fingerprint density at radius 2 is 0.941 bits per heavy atom. The molecule has 0 heterocycles. The minimum Gasteiger partial charge on any atom is -0.310 e. The summed E-state index contributed by atoms with van der Waals surface area (Å²) in [7, 11) is 0. The van der Waals surface area contributed by atoms with E-state index in [1.807, 2.05) is 0 Å². The van der Waals surface area contributed by atoms with Crippen molar-refractivity contribution in [1.82, 2.24) is 0 Å². The van der Waals surface area contributed by atoms with Crippen molar-refractivity contribution in [3.8, 4) is 22.3 Å². The van der Waals surface area contributed by atoms with Gasteiger partial charge in [0.25, 0.3) is 0 Å². The number of fused-ring (bicyclic) bond motifs is 7. The van der Waals surface area contributed by atoms with Gasteiger partial charge in [-0.25, -0.2) is 0 Å². The number of para-hydroxylation sites is 1. The molecule has 1 nitrogen and oxygen atoms in total. The summed E-state index contributed by atoms with van der Waals surface area (Å²) in [6.45, 7) is 4.77. The molecule has 0 amide bonds. The van der Waals surface area contributed by atoms with Crippen LogP contribution >= 0.6 is 0 Å². The zero-order valence-electron chi connectivity index (χ0n) is 29.1. The Hall–Kier alpha value is -5.92. The van der Waals surface area contributed by atoms with Gasteiger partial charge < -0.3 is 4.90 Å². The molecule has 7 aromatic carbocycles. The van der Waals surface area contributed by atoms with Crippen LogP contribution in [0.2, 0.25) is 0 Å². The third-order valence-electron chi connectivity index (χ3n) is 11.7. The van der Waals surface area contributed by atoms with Gasteiger partial charge in [-0.05, 0) is 127 Å². The summed E-state index contributed by atoms with van der Waals surface area (Å²) in [5, 5.41) is 2.75. The SMILES string of the molecule is CC1(C)c2ccc(N(c3ccccc3)c3ccc4c(c3)C(c3ccccc3)(c3ccccc3)c3ccccc3-4)cc2-c2cc3c(cc21)=CCCC=3. The van der Waals surface area contributed by atoms with Crippen molar-refractivity contribution in [2.75, 3.05) is 4.90 Å². The van der Waals surface area contributed by atoms with E-state index in [1.54, 1.807) is 0 Å². The van der Waals surface area contributed by atoms with E-state index < -0.39 is 5.41 Å². The zero-order chi connectivity index (χ0) is 34.2. The lowest BCUT2D eigenvalue weighted by Gasteiger charge is -2.35. The van der Waals surface area contributed by atoms with Crippen molar-refractivity contribution < 1.29 is 0 Å². The van der Waals surface area contributed by atoms with E-state index in [2.05, 4.69) is 195 Å². The molecule has 0 fully saturated rings. The maximum atomic E-state index is 2.47. The second kappa shape index (κ2) is 11.3. The molecule has 0 spiro atoms. The number of hydrogen-bond donors (Lipinski definition) is 0. The molecule has 7 aromatic rings. The second-order valence-corrected chi connectivity index (χ2v) is 14.8. The first-order valence-corrected chi connectivity index (χ1v) is 18.3. The molecule has 0 N–H and O–H groups in total. The van der Waals surface area contributed by atoms with E-state index in [9.17, 15) is 0 Å². The summed E-state index contributed by atoms with van der Waals surface area (Å²) in [5.41, 5.74) is 16.2. The van der Waals surface area contributed by atoms with Gasteiger partial charge in [0.15, 0.2) is 0 Å². The Labute approximate surface area is 300 Å². The summed E-state index contributed by atoms with van der Waals surface area (Å²) in [5.74, 6) is 0. The normalized spacial score (nSPS) is 15.3. The average molecular weight is 654 g/mol. The summed E-state index contributed by atoms with van der Waals surface area (Å²) < 4.78 is 0. The van der Waals surface area contributed by atoms with Crippen molar-refractivity contribution in [2.24, 2.45) is 0 Å². The predicted molar refractivity (Wildman–Crippen MR) is 213 cm³/mol. The van der Waals surface area contributed by atoms with E-state index in [-0.39, 0.29) is 5.41 Å². The summed E-state index contributed by atoms with van der Waals surface area (Å²) in [6.07, 6.45) is 7.06. The molecule has 0 radical (unpaired) electrons. The number of benzene rings is 7. The van der Waals surface area contributed by atoms with Gasteiger partial charge in [0, 0.05) is 22.5 Å². The second-order valence-electron chi connectivity index (χ2n) is 14.8. The van der Waals surface area contributed by atoms with Gasteiger partial charge in [0.2, 0.25) is 0 Å². The van der Waals surface area contributed by atoms with Crippen LogP contribution in [0.4, 0.5) is 17.1 Å². The molecule has 51 heavy (non-hydrogen) atoms. The topological polar surface area (TPSA) is 3.24 Å². The fourth-order valence-corrected chi connectivity index (χ4v) is 9.38. The Balaban J connectivity index is 1.22. The molecular weight excluding hydrogens is 615 g/mol. The van der Waals surface area contributed by atoms with E-state index in [1.165, 1.54) is 66.1 Å². The van der Waals surface area contributed by atoms with Gasteiger partial charge in [0.1, 0.15) is 0 Å². The van der Waals surface area contributed by atoms with E-state index in [0.717, 1.165) is 29.9 Å². The first kappa shape index (κ1) is 29.9.